The van der Waals surface area contributed by atoms with Crippen LogP contribution in [0.15, 0.2) is 27.8 Å². The predicted octanol–water partition coefficient (Wildman–Crippen LogP) is 3.93. The smallest absolute Gasteiger partial charge is 0.322 e. The molecule has 0 radical (unpaired) electrons. The maximum Gasteiger partial charge on any atom is 0.330 e. The van der Waals surface area contributed by atoms with Crippen LogP contribution in [0.5, 0.6) is 0 Å². The molecule has 0 aliphatic carbocycles. The zero-order valence-electron chi connectivity index (χ0n) is 20.6. The standard InChI is InChI=1S/C26H34FN5O3/c1-3-5-7-15-31-21(28-24-23(31)25(34)29-26(35)32(24)14-6-4-2)12-13-22(33)30-16-8-9-18-10-11-19(27)17-20(18)30/h10-11,17H,3-9,12-16H2,1-2H3,(H,29,34,35). The van der Waals surface area contributed by atoms with E-state index >= 15 is 0 Å². The van der Waals surface area contributed by atoms with Gasteiger partial charge in [-0.25, -0.2) is 14.2 Å². The number of fused-ring (bicyclic) bond motifs is 2. The fourth-order valence-electron chi connectivity index (χ4n) is 4.85. The molecule has 8 nitrogen and oxygen atoms in total. The minimum atomic E-state index is -0.455. The lowest BCUT2D eigenvalue weighted by atomic mass is 10.0. The van der Waals surface area contributed by atoms with E-state index in [4.69, 9.17) is 4.98 Å². The van der Waals surface area contributed by atoms with Gasteiger partial charge < -0.3 is 9.47 Å². The Kier molecular flexibility index (Phi) is 7.83. The molecule has 2 aromatic heterocycles. The number of amides is 1. The Balaban J connectivity index is 1.65. The molecule has 1 N–H and O–H groups in total. The molecule has 35 heavy (non-hydrogen) atoms. The Bertz CT molecular complexity index is 1320. The van der Waals surface area contributed by atoms with Crippen LogP contribution in [0.4, 0.5) is 10.1 Å². The lowest BCUT2D eigenvalue weighted by Crippen LogP contribution is -2.35. The summed E-state index contributed by atoms with van der Waals surface area (Å²) in [5.74, 6) is 0.175. The Hall–Kier alpha value is -3.23. The summed E-state index contributed by atoms with van der Waals surface area (Å²) in [4.78, 5) is 47.4. The van der Waals surface area contributed by atoms with E-state index in [1.54, 1.807) is 11.0 Å². The molecule has 0 saturated carbocycles. The van der Waals surface area contributed by atoms with Gasteiger partial charge in [0.1, 0.15) is 11.6 Å². The van der Waals surface area contributed by atoms with Gasteiger partial charge in [0, 0.05) is 38.2 Å². The number of aryl methyl sites for hydroxylation is 4. The molecule has 0 bridgehead atoms. The van der Waals surface area contributed by atoms with Crippen molar-refractivity contribution in [2.75, 3.05) is 11.4 Å². The number of carbonyl (C=O) groups is 1. The third-order valence-electron chi connectivity index (χ3n) is 6.71. The number of hydrogen-bond acceptors (Lipinski definition) is 4. The molecule has 3 aromatic rings. The number of nitrogens with zero attached hydrogens (tertiary/aromatic N) is 4. The number of hydrogen-bond donors (Lipinski definition) is 1. The molecule has 3 heterocycles. The highest BCUT2D eigenvalue weighted by atomic mass is 19.1. The third kappa shape index (κ3) is 5.23. The van der Waals surface area contributed by atoms with Crippen molar-refractivity contribution in [1.29, 1.82) is 0 Å². The summed E-state index contributed by atoms with van der Waals surface area (Å²) in [6.45, 7) is 5.78. The number of H-pyrrole nitrogens is 1. The molecule has 1 aliphatic rings. The number of unbranched alkanes of at least 4 members (excludes halogenated alkanes) is 3. The Morgan fingerprint density at radius 1 is 1.09 bits per heavy atom. The molecule has 1 amide bonds. The first kappa shape index (κ1) is 24.9. The van der Waals surface area contributed by atoms with Crippen molar-refractivity contribution in [3.8, 4) is 0 Å². The molecule has 0 fully saturated rings. The maximum absolute atomic E-state index is 13.9. The second-order valence-corrected chi connectivity index (χ2v) is 9.25. The van der Waals surface area contributed by atoms with Gasteiger partial charge in [0.15, 0.2) is 11.2 Å². The van der Waals surface area contributed by atoms with Gasteiger partial charge in [-0.3, -0.25) is 19.1 Å². The molecule has 188 valence electrons. The first-order valence-corrected chi connectivity index (χ1v) is 12.8. The third-order valence-corrected chi connectivity index (χ3v) is 6.71. The van der Waals surface area contributed by atoms with Crippen LogP contribution < -0.4 is 16.1 Å². The average Bonchev–Trinajstić information content (AvgIpc) is 3.21. The first-order chi connectivity index (χ1) is 16.9. The van der Waals surface area contributed by atoms with Gasteiger partial charge in [0.2, 0.25) is 5.91 Å². The summed E-state index contributed by atoms with van der Waals surface area (Å²) in [5.41, 5.74) is 1.50. The van der Waals surface area contributed by atoms with Crippen LogP contribution in [-0.2, 0) is 30.7 Å². The first-order valence-electron chi connectivity index (χ1n) is 12.8. The van der Waals surface area contributed by atoms with Crippen LogP contribution >= 0.6 is 0 Å². The lowest BCUT2D eigenvalue weighted by molar-refractivity contribution is -0.118. The van der Waals surface area contributed by atoms with Gasteiger partial charge in [-0.2, -0.15) is 0 Å². The summed E-state index contributed by atoms with van der Waals surface area (Å²) in [5, 5.41) is 0. The number of nitrogens with one attached hydrogen (secondary N) is 1. The number of imidazole rings is 1. The van der Waals surface area contributed by atoms with E-state index in [-0.39, 0.29) is 18.1 Å². The van der Waals surface area contributed by atoms with Gasteiger partial charge >= 0.3 is 5.69 Å². The highest BCUT2D eigenvalue weighted by Crippen LogP contribution is 2.28. The number of aromatic amines is 1. The van der Waals surface area contributed by atoms with Gasteiger partial charge in [0.05, 0.1) is 0 Å². The zero-order chi connectivity index (χ0) is 24.9. The van der Waals surface area contributed by atoms with Crippen molar-refractivity contribution in [2.45, 2.75) is 84.7 Å². The number of halogens is 1. The fraction of sp³-hybridized carbons (Fsp3) is 0.538. The van der Waals surface area contributed by atoms with Crippen LogP contribution in [0, 0.1) is 5.82 Å². The van der Waals surface area contributed by atoms with E-state index in [9.17, 15) is 18.8 Å². The van der Waals surface area contributed by atoms with Crippen LogP contribution in [0.1, 0.15) is 70.2 Å². The van der Waals surface area contributed by atoms with E-state index in [1.807, 2.05) is 11.5 Å². The summed E-state index contributed by atoms with van der Waals surface area (Å²) in [7, 11) is 0. The quantitative estimate of drug-likeness (QED) is 0.442. The topological polar surface area (TPSA) is 93.0 Å². The zero-order valence-corrected chi connectivity index (χ0v) is 20.6. The van der Waals surface area contributed by atoms with E-state index in [0.717, 1.165) is 50.5 Å². The van der Waals surface area contributed by atoms with Crippen LogP contribution in [0.3, 0.4) is 0 Å². The summed E-state index contributed by atoms with van der Waals surface area (Å²) < 4.78 is 17.3. The van der Waals surface area contributed by atoms with E-state index in [0.29, 0.717) is 48.7 Å². The van der Waals surface area contributed by atoms with Gasteiger partial charge in [-0.05, 0) is 43.4 Å². The molecular formula is C26H34FN5O3. The molecule has 0 spiro atoms. The van der Waals surface area contributed by atoms with Crippen LogP contribution in [0.2, 0.25) is 0 Å². The monoisotopic (exact) mass is 483 g/mol. The van der Waals surface area contributed by atoms with Crippen molar-refractivity contribution >= 4 is 22.8 Å². The molecule has 4 rings (SSSR count). The van der Waals surface area contributed by atoms with Crippen molar-refractivity contribution in [1.82, 2.24) is 19.1 Å². The molecule has 1 aromatic carbocycles. The number of rotatable bonds is 10. The van der Waals surface area contributed by atoms with Crippen LogP contribution in [-0.4, -0.2) is 31.6 Å². The molecule has 0 saturated heterocycles. The van der Waals surface area contributed by atoms with Gasteiger partial charge in [-0.1, -0.05) is 39.2 Å². The molecule has 0 unspecified atom stereocenters. The molecule has 9 heteroatoms. The van der Waals surface area contributed by atoms with Crippen LogP contribution in [0.25, 0.3) is 11.2 Å². The lowest BCUT2D eigenvalue weighted by Gasteiger charge is -2.29. The summed E-state index contributed by atoms with van der Waals surface area (Å²) in [6, 6.07) is 4.61. The van der Waals surface area contributed by atoms with E-state index < -0.39 is 11.2 Å². The minimum absolute atomic E-state index is 0.0963. The maximum atomic E-state index is 13.9. The van der Waals surface area contributed by atoms with Crippen molar-refractivity contribution in [3.05, 3.63) is 56.2 Å². The fourth-order valence-corrected chi connectivity index (χ4v) is 4.85. The Morgan fingerprint density at radius 3 is 2.63 bits per heavy atom. The van der Waals surface area contributed by atoms with Gasteiger partial charge in [0.25, 0.3) is 5.56 Å². The average molecular weight is 484 g/mol. The predicted molar refractivity (Wildman–Crippen MR) is 134 cm³/mol. The molecule has 0 atom stereocenters. The minimum Gasteiger partial charge on any atom is -0.322 e. The summed E-state index contributed by atoms with van der Waals surface area (Å²) >= 11 is 0. The highest BCUT2D eigenvalue weighted by molar-refractivity contribution is 5.94. The largest absolute Gasteiger partial charge is 0.330 e. The molecule has 1 aliphatic heterocycles. The highest BCUT2D eigenvalue weighted by Gasteiger charge is 2.24. The number of anilines is 1. The molecular weight excluding hydrogens is 449 g/mol. The van der Waals surface area contributed by atoms with Crippen molar-refractivity contribution in [3.63, 3.8) is 0 Å². The summed E-state index contributed by atoms with van der Waals surface area (Å²) in [6.07, 6.45) is 6.78. The Labute approximate surface area is 203 Å². The number of carbonyl (C=O) groups excluding carboxylic acids is 1. The van der Waals surface area contributed by atoms with Crippen molar-refractivity contribution < 1.29 is 9.18 Å². The van der Waals surface area contributed by atoms with E-state index in [1.165, 1.54) is 16.7 Å². The van der Waals surface area contributed by atoms with E-state index in [2.05, 4.69) is 11.9 Å². The second-order valence-electron chi connectivity index (χ2n) is 9.25. The SMILES string of the molecule is CCCCCn1c(CCC(=O)N2CCCc3ccc(F)cc32)nc2c1c(=O)[nH]c(=O)n2CCCC. The number of benzene rings is 1. The second kappa shape index (κ2) is 11.0. The van der Waals surface area contributed by atoms with Crippen molar-refractivity contribution in [2.24, 2.45) is 0 Å². The van der Waals surface area contributed by atoms with Gasteiger partial charge in [-0.15, -0.1) is 0 Å². The number of aromatic nitrogens is 4. The normalized spacial score (nSPS) is 13.4. The Morgan fingerprint density at radius 2 is 1.86 bits per heavy atom.